The molecule has 0 aliphatic heterocycles. The minimum atomic E-state index is -4.18. The van der Waals surface area contributed by atoms with Crippen LogP contribution in [0.3, 0.4) is 0 Å². The quantitative estimate of drug-likeness (QED) is 0.133. The van der Waals surface area contributed by atoms with E-state index in [0.29, 0.717) is 11.4 Å². The third kappa shape index (κ3) is 14.9. The number of carbonyl (C=O) groups excluding carboxylic acids is 3. The van der Waals surface area contributed by atoms with Crippen LogP contribution in [0.5, 0.6) is 0 Å². The third-order valence-corrected chi connectivity index (χ3v) is 6.33. The molecule has 0 aliphatic rings. The van der Waals surface area contributed by atoms with Crippen molar-refractivity contribution < 1.29 is 46.7 Å². The molecule has 1 heterocycles. The number of hydrogen-bond acceptors (Lipinski definition) is 12. The molecule has 1 aromatic rings. The van der Waals surface area contributed by atoms with E-state index in [1.807, 2.05) is 0 Å². The molecule has 1 aromatic heterocycles. The number of nitrogens with zero attached hydrogens (tertiary/aromatic N) is 2. The van der Waals surface area contributed by atoms with Gasteiger partial charge in [0.05, 0.1) is 23.3 Å². The highest BCUT2D eigenvalue weighted by molar-refractivity contribution is 7.48. The Bertz CT molecular complexity index is 1120. The normalized spacial score (nSPS) is 12.9. The number of ether oxygens (including phenoxy) is 3. The number of hydrogen-bond donors (Lipinski definition) is 1. The number of phosphoric ester groups is 1. The van der Waals surface area contributed by atoms with Crippen molar-refractivity contribution in [2.45, 2.75) is 112 Å². The number of anilines is 1. The third-order valence-electron chi connectivity index (χ3n) is 4.36. The topological polar surface area (TPSA) is 152 Å². The molecule has 0 atom stereocenters. The van der Waals surface area contributed by atoms with Crippen molar-refractivity contribution in [3.05, 3.63) is 23.4 Å². The van der Waals surface area contributed by atoms with Gasteiger partial charge >= 0.3 is 25.9 Å². The Balaban J connectivity index is 3.27. The van der Waals surface area contributed by atoms with E-state index < -0.39 is 61.6 Å². The van der Waals surface area contributed by atoms with Crippen LogP contribution in [0.2, 0.25) is 0 Å². The summed E-state index contributed by atoms with van der Waals surface area (Å²) in [5.41, 5.74) is -2.82. The van der Waals surface area contributed by atoms with E-state index in [1.54, 1.807) is 90.1 Å². The first-order valence-corrected chi connectivity index (χ1v) is 15.0. The van der Waals surface area contributed by atoms with Crippen LogP contribution in [0.1, 0.15) is 99.0 Å². The predicted octanol–water partition coefficient (Wildman–Crippen LogP) is 6.07. The zero-order valence-electron chi connectivity index (χ0n) is 27.2. The van der Waals surface area contributed by atoms with Gasteiger partial charge in [-0.15, -0.1) is 0 Å². The van der Waals surface area contributed by atoms with Crippen LogP contribution in [-0.2, 0) is 43.7 Å². The summed E-state index contributed by atoms with van der Waals surface area (Å²) >= 11 is 0. The Morgan fingerprint density at radius 2 is 1.38 bits per heavy atom. The van der Waals surface area contributed by atoms with Crippen molar-refractivity contribution in [3.63, 3.8) is 0 Å². The van der Waals surface area contributed by atoms with Gasteiger partial charge in [0.25, 0.3) is 0 Å². The van der Waals surface area contributed by atoms with Gasteiger partial charge in [-0.05, 0) is 89.2 Å². The first-order valence-electron chi connectivity index (χ1n) is 13.5. The number of rotatable bonds is 11. The highest BCUT2D eigenvalue weighted by atomic mass is 31.2. The van der Waals surface area contributed by atoms with Crippen molar-refractivity contribution in [1.82, 2.24) is 9.88 Å². The number of esters is 2. The van der Waals surface area contributed by atoms with Gasteiger partial charge in [0, 0.05) is 18.8 Å². The second kappa shape index (κ2) is 14.2. The number of pyridine rings is 1. The summed E-state index contributed by atoms with van der Waals surface area (Å²) in [6, 6.07) is 1.50. The molecule has 14 heteroatoms. The summed E-state index contributed by atoms with van der Waals surface area (Å²) < 4.78 is 45.7. The molecule has 13 nitrogen and oxygen atoms in total. The van der Waals surface area contributed by atoms with Crippen LogP contribution < -0.4 is 5.32 Å². The molecule has 0 aromatic carbocycles. The molecule has 42 heavy (non-hydrogen) atoms. The van der Waals surface area contributed by atoms with Gasteiger partial charge < -0.3 is 19.5 Å². The summed E-state index contributed by atoms with van der Waals surface area (Å²) in [6.45, 7) is 18.8. The van der Waals surface area contributed by atoms with E-state index in [-0.39, 0.29) is 12.1 Å². The Hall–Kier alpha value is -2.73. The molecule has 0 saturated heterocycles. The van der Waals surface area contributed by atoms with E-state index in [2.05, 4.69) is 10.3 Å². The van der Waals surface area contributed by atoms with Gasteiger partial charge in [0.2, 0.25) is 6.79 Å². The molecular weight excluding hydrogens is 569 g/mol. The van der Waals surface area contributed by atoms with Crippen LogP contribution in [-0.4, -0.2) is 70.7 Å². The SMILES string of the molecule is CNc1ncc(C(=O)OC(C)(C)C)cc1CN(CC(=O)OC(C)(C)C)C(=O)OCOP(=O)(OC(C)(C)C)OC(C)(C)C. The maximum absolute atomic E-state index is 13.3. The van der Waals surface area contributed by atoms with Crippen molar-refractivity contribution in [2.24, 2.45) is 0 Å². The lowest BCUT2D eigenvalue weighted by Crippen LogP contribution is -2.39. The predicted molar refractivity (Wildman–Crippen MR) is 157 cm³/mol. The molecule has 1 amide bonds. The van der Waals surface area contributed by atoms with E-state index in [4.69, 9.17) is 27.8 Å². The van der Waals surface area contributed by atoms with Gasteiger partial charge in [0.15, 0.2) is 0 Å². The molecule has 0 radical (unpaired) electrons. The minimum absolute atomic E-state index is 0.146. The van der Waals surface area contributed by atoms with Gasteiger partial charge in [-0.1, -0.05) is 0 Å². The van der Waals surface area contributed by atoms with Crippen molar-refractivity contribution in [1.29, 1.82) is 0 Å². The fourth-order valence-electron chi connectivity index (χ4n) is 3.20. The highest BCUT2D eigenvalue weighted by Gasteiger charge is 2.38. The Morgan fingerprint density at radius 3 is 1.83 bits per heavy atom. The first-order chi connectivity index (χ1) is 18.8. The molecule has 1 rings (SSSR count). The fraction of sp³-hybridized carbons (Fsp3) is 0.714. The van der Waals surface area contributed by atoms with Crippen LogP contribution in [0.25, 0.3) is 0 Å². The minimum Gasteiger partial charge on any atom is -0.459 e. The van der Waals surface area contributed by atoms with Gasteiger partial charge in [-0.2, -0.15) is 0 Å². The highest BCUT2D eigenvalue weighted by Crippen LogP contribution is 2.55. The second-order valence-electron chi connectivity index (χ2n) is 13.4. The molecule has 0 bridgehead atoms. The maximum atomic E-state index is 13.3. The Labute approximate surface area is 249 Å². The van der Waals surface area contributed by atoms with Crippen molar-refractivity contribution in [2.75, 3.05) is 25.7 Å². The van der Waals surface area contributed by atoms with Crippen molar-refractivity contribution in [3.8, 4) is 0 Å². The summed E-state index contributed by atoms with van der Waals surface area (Å²) in [6.07, 6.45) is 0.346. The molecule has 0 saturated carbocycles. The molecule has 0 aliphatic carbocycles. The lowest BCUT2D eigenvalue weighted by atomic mass is 10.1. The van der Waals surface area contributed by atoms with Crippen LogP contribution in [0.15, 0.2) is 12.3 Å². The standard InChI is InChI=1S/C28H48N3O10P/c1-25(2,3)38-21(32)17-31(16-20-14-19(15-30-22(20)29-13)23(33)39-26(4,5)6)24(34)36-18-37-42(35,40-27(7,8)9)41-28(10,11)12/h14-15H,16-18H2,1-13H3,(H,29,30). The zero-order valence-corrected chi connectivity index (χ0v) is 28.1. The number of phosphoric acid groups is 1. The molecule has 0 fully saturated rings. The Kier molecular flexibility index (Phi) is 12.6. The molecule has 1 N–H and O–H groups in total. The molecule has 240 valence electrons. The van der Waals surface area contributed by atoms with Gasteiger partial charge in [0.1, 0.15) is 23.6 Å². The number of carbonyl (C=O) groups is 3. The van der Waals surface area contributed by atoms with E-state index in [0.717, 1.165) is 4.90 Å². The summed E-state index contributed by atoms with van der Waals surface area (Å²) in [5, 5.41) is 2.90. The largest absolute Gasteiger partial charge is 0.478 e. The second-order valence-corrected chi connectivity index (χ2v) is 15.0. The first kappa shape index (κ1) is 37.3. The number of nitrogens with one attached hydrogen (secondary N) is 1. The summed E-state index contributed by atoms with van der Waals surface area (Å²) in [5.74, 6) is -0.968. The average Bonchev–Trinajstić information content (AvgIpc) is 2.73. The van der Waals surface area contributed by atoms with Gasteiger partial charge in [-0.25, -0.2) is 23.7 Å². The monoisotopic (exact) mass is 617 g/mol. The van der Waals surface area contributed by atoms with Crippen molar-refractivity contribution >= 4 is 31.7 Å². The average molecular weight is 618 g/mol. The lowest BCUT2D eigenvalue weighted by molar-refractivity contribution is -0.156. The molecular formula is C28H48N3O10P. The zero-order chi connectivity index (χ0) is 32.7. The summed E-state index contributed by atoms with van der Waals surface area (Å²) in [7, 11) is -2.56. The molecule has 0 unspecified atom stereocenters. The maximum Gasteiger partial charge on any atom is 0.478 e. The van der Waals surface area contributed by atoms with E-state index in [1.165, 1.54) is 12.3 Å². The van der Waals surface area contributed by atoms with E-state index >= 15 is 0 Å². The van der Waals surface area contributed by atoms with E-state index in [9.17, 15) is 18.9 Å². The number of amides is 1. The number of aromatic nitrogens is 1. The fourth-order valence-corrected chi connectivity index (χ4v) is 4.87. The van der Waals surface area contributed by atoms with Gasteiger partial charge in [-0.3, -0.25) is 18.7 Å². The Morgan fingerprint density at radius 1 is 0.857 bits per heavy atom. The lowest BCUT2D eigenvalue weighted by Gasteiger charge is -2.31. The molecule has 0 spiro atoms. The van der Waals surface area contributed by atoms with Crippen LogP contribution >= 0.6 is 7.82 Å². The van der Waals surface area contributed by atoms with Crippen LogP contribution in [0, 0.1) is 0 Å². The van der Waals surface area contributed by atoms with Crippen LogP contribution in [0.4, 0.5) is 10.6 Å². The summed E-state index contributed by atoms with van der Waals surface area (Å²) in [4.78, 5) is 43.9. The smallest absolute Gasteiger partial charge is 0.459 e.